The minimum atomic E-state index is 0.856. The molecule has 0 spiro atoms. The Kier molecular flexibility index (Phi) is 5.64. The van der Waals surface area contributed by atoms with Gasteiger partial charge in [-0.2, -0.15) is 0 Å². The third-order valence-electron chi connectivity index (χ3n) is 8.31. The molecule has 4 heteroatoms. The second-order valence-electron chi connectivity index (χ2n) is 10.7. The summed E-state index contributed by atoms with van der Waals surface area (Å²) in [6.07, 6.45) is 14.6. The molecule has 0 saturated heterocycles. The van der Waals surface area contributed by atoms with Crippen LogP contribution in [0.3, 0.4) is 0 Å². The smallest absolute Gasteiger partial charge is 0.0543 e. The average molecular weight is 541 g/mol. The summed E-state index contributed by atoms with van der Waals surface area (Å²) in [7, 11) is 0. The Hall–Kier alpha value is -5.61. The molecule has 0 bridgehead atoms. The molecule has 0 aliphatic heterocycles. The first-order valence-corrected chi connectivity index (χ1v) is 14.2. The van der Waals surface area contributed by atoms with E-state index in [1.54, 1.807) is 6.20 Å². The van der Waals surface area contributed by atoms with Crippen LogP contribution in [0.4, 0.5) is 0 Å². The van der Waals surface area contributed by atoms with E-state index in [2.05, 4.69) is 135 Å². The summed E-state index contributed by atoms with van der Waals surface area (Å²) >= 11 is 0. The van der Waals surface area contributed by atoms with Crippen LogP contribution in [0.15, 0.2) is 146 Å². The number of rotatable bonds is 4. The number of aromatic nitrogens is 3. The first-order valence-electron chi connectivity index (χ1n) is 14.2. The summed E-state index contributed by atoms with van der Waals surface area (Å²) in [5.74, 6) is 0. The van der Waals surface area contributed by atoms with Crippen molar-refractivity contribution in [2.75, 3.05) is 0 Å². The molecule has 42 heavy (non-hydrogen) atoms. The van der Waals surface area contributed by atoms with Crippen molar-refractivity contribution in [2.45, 2.75) is 6.42 Å². The van der Waals surface area contributed by atoms with Gasteiger partial charge in [-0.05, 0) is 89.1 Å². The minimum Gasteiger partial charge on any atom is -0.405 e. The number of fused-ring (bicyclic) bond motifs is 6. The monoisotopic (exact) mass is 540 g/mol. The number of hydrogen-bond acceptors (Lipinski definition) is 2. The molecule has 200 valence electrons. The molecular formula is C38H28N4. The molecule has 3 heterocycles. The molecule has 1 aliphatic carbocycles. The van der Waals surface area contributed by atoms with E-state index in [0.29, 0.717) is 0 Å². The lowest BCUT2D eigenvalue weighted by molar-refractivity contribution is 1.06. The maximum absolute atomic E-state index is 5.62. The molecule has 4 nitrogen and oxygen atoms in total. The van der Waals surface area contributed by atoms with Crippen molar-refractivity contribution < 1.29 is 0 Å². The molecule has 0 amide bonds. The summed E-state index contributed by atoms with van der Waals surface area (Å²) in [4.78, 5) is 4.27. The van der Waals surface area contributed by atoms with E-state index in [1.165, 1.54) is 66.4 Å². The second kappa shape index (κ2) is 9.79. The fourth-order valence-electron chi connectivity index (χ4n) is 6.44. The highest BCUT2D eigenvalue weighted by molar-refractivity contribution is 6.10. The molecule has 0 radical (unpaired) electrons. The van der Waals surface area contributed by atoms with Crippen molar-refractivity contribution in [3.05, 3.63) is 157 Å². The van der Waals surface area contributed by atoms with Crippen LogP contribution in [0, 0.1) is 0 Å². The standard InChI is InChI=1S/C38H28N4/c39-20-6-7-26-12-16-36-33(23-26)32-15-13-28(25-38(32)42(36)30-18-21-40-22-19-30)27-14-17-37-34(24-27)31-10-4-5-11-35(31)41(37)29-8-2-1-3-9-29/h1-22,24-25H,23,39H2/b20-6-,26-7-. The van der Waals surface area contributed by atoms with Gasteiger partial charge in [-0.15, -0.1) is 0 Å². The number of hydrogen-bond donors (Lipinski definition) is 1. The third kappa shape index (κ3) is 3.80. The summed E-state index contributed by atoms with van der Waals surface area (Å²) in [5, 5.41) is 3.77. The van der Waals surface area contributed by atoms with Crippen LogP contribution >= 0.6 is 0 Å². The van der Waals surface area contributed by atoms with Crippen molar-refractivity contribution >= 4 is 38.8 Å². The van der Waals surface area contributed by atoms with Crippen LogP contribution in [0.25, 0.3) is 61.3 Å². The lowest BCUT2D eigenvalue weighted by atomic mass is 9.95. The van der Waals surface area contributed by atoms with Gasteiger partial charge in [-0.3, -0.25) is 4.98 Å². The molecular weight excluding hydrogens is 512 g/mol. The molecule has 0 fully saturated rings. The van der Waals surface area contributed by atoms with Crippen LogP contribution < -0.4 is 5.73 Å². The number of pyridine rings is 1. The van der Waals surface area contributed by atoms with E-state index < -0.39 is 0 Å². The van der Waals surface area contributed by atoms with Gasteiger partial charge in [-0.25, -0.2) is 0 Å². The molecule has 7 aromatic rings. The third-order valence-corrected chi connectivity index (χ3v) is 8.31. The maximum atomic E-state index is 5.62. The molecule has 1 aliphatic rings. The minimum absolute atomic E-state index is 0.856. The van der Waals surface area contributed by atoms with Crippen molar-refractivity contribution in [1.29, 1.82) is 0 Å². The Balaban J connectivity index is 1.33. The normalized spacial score (nSPS) is 14.0. The van der Waals surface area contributed by atoms with Crippen LogP contribution in [0.1, 0.15) is 11.3 Å². The van der Waals surface area contributed by atoms with Crippen molar-refractivity contribution in [1.82, 2.24) is 14.1 Å². The molecule has 0 atom stereocenters. The van der Waals surface area contributed by atoms with E-state index in [-0.39, 0.29) is 0 Å². The Morgan fingerprint density at radius 3 is 2.21 bits per heavy atom. The van der Waals surface area contributed by atoms with Crippen molar-refractivity contribution in [3.63, 3.8) is 0 Å². The number of nitrogens with zero attached hydrogens (tertiary/aromatic N) is 3. The summed E-state index contributed by atoms with van der Waals surface area (Å²) < 4.78 is 4.72. The summed E-state index contributed by atoms with van der Waals surface area (Å²) in [6.45, 7) is 0. The second-order valence-corrected chi connectivity index (χ2v) is 10.7. The van der Waals surface area contributed by atoms with E-state index >= 15 is 0 Å². The first kappa shape index (κ1) is 24.2. The zero-order valence-corrected chi connectivity index (χ0v) is 23.0. The van der Waals surface area contributed by atoms with E-state index in [0.717, 1.165) is 12.1 Å². The zero-order chi connectivity index (χ0) is 28.0. The number of allylic oxidation sites excluding steroid dienone is 4. The number of nitrogens with two attached hydrogens (primary N) is 1. The van der Waals surface area contributed by atoms with Crippen LogP contribution in [-0.4, -0.2) is 14.1 Å². The van der Waals surface area contributed by atoms with Gasteiger partial charge >= 0.3 is 0 Å². The highest BCUT2D eigenvalue weighted by atomic mass is 15.0. The molecule has 0 saturated carbocycles. The fourth-order valence-corrected chi connectivity index (χ4v) is 6.44. The van der Waals surface area contributed by atoms with Crippen LogP contribution in [-0.2, 0) is 6.42 Å². The van der Waals surface area contributed by atoms with Gasteiger partial charge in [0, 0.05) is 46.3 Å². The highest BCUT2D eigenvalue weighted by Crippen LogP contribution is 2.39. The van der Waals surface area contributed by atoms with Gasteiger partial charge in [-0.1, -0.05) is 66.7 Å². The zero-order valence-electron chi connectivity index (χ0n) is 23.0. The molecule has 4 aromatic carbocycles. The largest absolute Gasteiger partial charge is 0.405 e. The van der Waals surface area contributed by atoms with Gasteiger partial charge in [0.25, 0.3) is 0 Å². The quantitative estimate of drug-likeness (QED) is 0.243. The van der Waals surface area contributed by atoms with Crippen molar-refractivity contribution in [3.8, 4) is 22.5 Å². The Labute approximate surface area is 244 Å². The number of para-hydroxylation sites is 2. The van der Waals surface area contributed by atoms with Gasteiger partial charge < -0.3 is 14.9 Å². The SMILES string of the molecule is N/C=C\C=C1\C=Cc2c(c3ccc(-c4ccc5c(c4)c4ccccc4n5-c4ccccc4)cc3n2-c2ccncc2)C1. The Morgan fingerprint density at radius 2 is 1.36 bits per heavy atom. The van der Waals surface area contributed by atoms with Gasteiger partial charge in [0.2, 0.25) is 0 Å². The first-order chi connectivity index (χ1) is 20.8. The highest BCUT2D eigenvalue weighted by Gasteiger charge is 2.21. The van der Waals surface area contributed by atoms with E-state index in [4.69, 9.17) is 5.73 Å². The fraction of sp³-hybridized carbons (Fsp3) is 0.0263. The molecule has 3 aromatic heterocycles. The lowest BCUT2D eigenvalue weighted by Crippen LogP contribution is -2.01. The van der Waals surface area contributed by atoms with E-state index in [9.17, 15) is 0 Å². The summed E-state index contributed by atoms with van der Waals surface area (Å²) in [5.41, 5.74) is 17.7. The molecule has 2 N–H and O–H groups in total. The number of benzene rings is 4. The molecule has 0 unspecified atom stereocenters. The lowest BCUT2D eigenvalue weighted by Gasteiger charge is -2.13. The molecule has 8 rings (SSSR count). The predicted octanol–water partition coefficient (Wildman–Crippen LogP) is 8.76. The Bertz CT molecular complexity index is 2210. The Morgan fingerprint density at radius 1 is 0.619 bits per heavy atom. The predicted molar refractivity (Wildman–Crippen MR) is 175 cm³/mol. The maximum Gasteiger partial charge on any atom is 0.0543 e. The van der Waals surface area contributed by atoms with Gasteiger partial charge in [0.05, 0.1) is 22.2 Å². The van der Waals surface area contributed by atoms with Crippen LogP contribution in [0.2, 0.25) is 0 Å². The summed E-state index contributed by atoms with van der Waals surface area (Å²) in [6, 6.07) is 37.2. The van der Waals surface area contributed by atoms with Gasteiger partial charge in [0.1, 0.15) is 0 Å². The van der Waals surface area contributed by atoms with E-state index in [1.807, 2.05) is 18.5 Å². The van der Waals surface area contributed by atoms with Gasteiger partial charge in [0.15, 0.2) is 0 Å². The average Bonchev–Trinajstić information content (AvgIpc) is 3.56. The van der Waals surface area contributed by atoms with Crippen LogP contribution in [0.5, 0.6) is 0 Å². The topological polar surface area (TPSA) is 48.8 Å². The van der Waals surface area contributed by atoms with Crippen molar-refractivity contribution in [2.24, 2.45) is 5.73 Å².